The predicted molar refractivity (Wildman–Crippen MR) is 114 cm³/mol. The number of Topliss-reactive ketones (excluding diaryl/α,β-unsaturated/α-hetero) is 1. The number of rotatable bonds is 6. The molecule has 1 N–H and O–H groups in total. The normalized spacial score (nSPS) is 15.0. The smallest absolute Gasteiger partial charge is 0.178 e. The fraction of sp³-hybridized carbons (Fsp3) is 0.364. The Morgan fingerprint density at radius 2 is 1.83 bits per heavy atom. The maximum absolute atomic E-state index is 12.0. The van der Waals surface area contributed by atoms with E-state index >= 15 is 0 Å². The highest BCUT2D eigenvalue weighted by Crippen LogP contribution is 2.25. The molecular formula is C22H25N3O3S. The molecule has 0 amide bonds. The molecule has 0 spiro atoms. The van der Waals surface area contributed by atoms with Gasteiger partial charge in [0.1, 0.15) is 6.07 Å². The van der Waals surface area contributed by atoms with E-state index in [4.69, 9.17) is 0 Å². The minimum atomic E-state index is -3.18. The average Bonchev–Trinajstić information content (AvgIpc) is 2.74. The quantitative estimate of drug-likeness (QED) is 0.730. The molecule has 3 rings (SSSR count). The van der Waals surface area contributed by atoms with Gasteiger partial charge in [-0.25, -0.2) is 8.42 Å². The number of nitrogens with one attached hydrogen (secondary N) is 1. The second-order valence-electron chi connectivity index (χ2n) is 7.23. The molecule has 0 bridgehead atoms. The van der Waals surface area contributed by atoms with Crippen LogP contribution in [-0.2, 0) is 9.84 Å². The Labute approximate surface area is 172 Å². The lowest BCUT2D eigenvalue weighted by Gasteiger charge is -2.34. The number of benzene rings is 2. The Balaban J connectivity index is 1.65. The van der Waals surface area contributed by atoms with E-state index in [1.807, 2.05) is 12.1 Å². The molecular weight excluding hydrogens is 386 g/mol. The number of piperidine rings is 1. The van der Waals surface area contributed by atoms with Crippen LogP contribution in [0, 0.1) is 11.3 Å². The summed E-state index contributed by atoms with van der Waals surface area (Å²) in [5.41, 5.74) is 2.83. The van der Waals surface area contributed by atoms with Gasteiger partial charge in [-0.05, 0) is 62.2 Å². The second kappa shape index (κ2) is 8.66. The Kier molecular flexibility index (Phi) is 6.23. The number of hydrogen-bond donors (Lipinski definition) is 1. The van der Waals surface area contributed by atoms with E-state index in [-0.39, 0.29) is 17.6 Å². The van der Waals surface area contributed by atoms with E-state index in [0.29, 0.717) is 21.7 Å². The Morgan fingerprint density at radius 3 is 2.38 bits per heavy atom. The van der Waals surface area contributed by atoms with E-state index in [1.54, 1.807) is 37.3 Å². The number of carbonyl (C=O) groups excluding carboxylic acids is 1. The summed E-state index contributed by atoms with van der Waals surface area (Å²) in [4.78, 5) is 14.2. The molecule has 1 aliphatic heterocycles. The summed E-state index contributed by atoms with van der Waals surface area (Å²) in [6, 6.07) is 14.6. The van der Waals surface area contributed by atoms with Crippen LogP contribution in [-0.4, -0.2) is 39.1 Å². The molecule has 1 fully saturated rings. The molecule has 2 aromatic carbocycles. The van der Waals surface area contributed by atoms with Crippen LogP contribution in [0.1, 0.15) is 42.6 Å². The van der Waals surface area contributed by atoms with Gasteiger partial charge in [-0.3, -0.25) is 4.79 Å². The Morgan fingerprint density at radius 1 is 1.17 bits per heavy atom. The topological polar surface area (TPSA) is 90.3 Å². The van der Waals surface area contributed by atoms with Crippen LogP contribution >= 0.6 is 0 Å². The fourth-order valence-corrected chi connectivity index (χ4v) is 4.40. The van der Waals surface area contributed by atoms with Crippen molar-refractivity contribution in [3.05, 3.63) is 53.6 Å². The summed E-state index contributed by atoms with van der Waals surface area (Å²) in [7, 11) is -3.18. The first-order valence-corrected chi connectivity index (χ1v) is 11.4. The van der Waals surface area contributed by atoms with Crippen LogP contribution in [0.3, 0.4) is 0 Å². The summed E-state index contributed by atoms with van der Waals surface area (Å²) in [5.74, 6) is 0.0692. The summed E-state index contributed by atoms with van der Waals surface area (Å²) in [6.45, 7) is 4.81. The predicted octanol–water partition coefficient (Wildman–Crippen LogP) is 3.64. The van der Waals surface area contributed by atoms with Crippen molar-refractivity contribution in [2.75, 3.05) is 29.1 Å². The molecule has 1 saturated heterocycles. The van der Waals surface area contributed by atoms with Crippen LogP contribution < -0.4 is 10.2 Å². The van der Waals surface area contributed by atoms with Crippen molar-refractivity contribution in [3.8, 4) is 6.07 Å². The molecule has 29 heavy (non-hydrogen) atoms. The lowest BCUT2D eigenvalue weighted by Crippen LogP contribution is -2.39. The zero-order chi connectivity index (χ0) is 21.0. The van der Waals surface area contributed by atoms with Crippen LogP contribution in [0.2, 0.25) is 0 Å². The molecule has 1 aliphatic rings. The van der Waals surface area contributed by atoms with Crippen molar-refractivity contribution < 1.29 is 13.2 Å². The maximum atomic E-state index is 12.0. The third-order valence-corrected chi connectivity index (χ3v) is 7.09. The molecule has 0 aliphatic carbocycles. The van der Waals surface area contributed by atoms with Crippen molar-refractivity contribution in [2.24, 2.45) is 0 Å². The van der Waals surface area contributed by atoms with Gasteiger partial charge in [-0.1, -0.05) is 6.92 Å². The van der Waals surface area contributed by atoms with Crippen molar-refractivity contribution in [3.63, 3.8) is 0 Å². The molecule has 0 aromatic heterocycles. The maximum Gasteiger partial charge on any atom is 0.178 e. The monoisotopic (exact) mass is 411 g/mol. The average molecular weight is 412 g/mol. The first-order valence-electron chi connectivity index (χ1n) is 9.73. The third kappa shape index (κ3) is 4.77. The van der Waals surface area contributed by atoms with Crippen LogP contribution in [0.4, 0.5) is 11.4 Å². The van der Waals surface area contributed by atoms with Crippen molar-refractivity contribution >= 4 is 27.0 Å². The number of anilines is 2. The van der Waals surface area contributed by atoms with E-state index in [9.17, 15) is 18.5 Å². The van der Waals surface area contributed by atoms with E-state index in [1.165, 1.54) is 6.92 Å². The highest BCUT2D eigenvalue weighted by molar-refractivity contribution is 7.91. The van der Waals surface area contributed by atoms with Gasteiger partial charge in [-0.15, -0.1) is 0 Å². The van der Waals surface area contributed by atoms with E-state index in [0.717, 1.165) is 31.6 Å². The zero-order valence-electron chi connectivity index (χ0n) is 16.7. The van der Waals surface area contributed by atoms with Gasteiger partial charge < -0.3 is 10.2 Å². The molecule has 2 aromatic rings. The highest BCUT2D eigenvalue weighted by atomic mass is 32.2. The first-order chi connectivity index (χ1) is 13.8. The van der Waals surface area contributed by atoms with Gasteiger partial charge in [0.05, 0.1) is 21.9 Å². The van der Waals surface area contributed by atoms with Gasteiger partial charge >= 0.3 is 0 Å². The van der Waals surface area contributed by atoms with Gasteiger partial charge in [-0.2, -0.15) is 5.26 Å². The van der Waals surface area contributed by atoms with Crippen LogP contribution in [0.25, 0.3) is 0 Å². The van der Waals surface area contributed by atoms with Gasteiger partial charge in [0.25, 0.3) is 0 Å². The molecule has 6 nitrogen and oxygen atoms in total. The Hall–Kier alpha value is -2.85. The largest absolute Gasteiger partial charge is 0.381 e. The lowest BCUT2D eigenvalue weighted by molar-refractivity contribution is 0.101. The standard InChI is InChI=1S/C22H25N3O3S/c1-3-29(27,28)21-8-6-20(7-9-21)25-12-10-19(11-13-25)24-22-14-17(16(2)26)4-5-18(22)15-23/h4-9,14,19,24H,3,10-13H2,1-2H3. The van der Waals surface area contributed by atoms with Gasteiger partial charge in [0.15, 0.2) is 15.6 Å². The highest BCUT2D eigenvalue weighted by Gasteiger charge is 2.21. The lowest BCUT2D eigenvalue weighted by atomic mass is 10.0. The SMILES string of the molecule is CCS(=O)(=O)c1ccc(N2CCC(Nc3cc(C(C)=O)ccc3C#N)CC2)cc1. The number of nitrogens with zero attached hydrogens (tertiary/aromatic N) is 2. The third-order valence-electron chi connectivity index (χ3n) is 5.34. The fourth-order valence-electron chi connectivity index (χ4n) is 3.51. The number of sulfone groups is 1. The molecule has 0 unspecified atom stereocenters. The molecule has 152 valence electrons. The van der Waals surface area contributed by atoms with Crippen molar-refractivity contribution in [2.45, 2.75) is 37.6 Å². The van der Waals surface area contributed by atoms with Crippen LogP contribution in [0.15, 0.2) is 47.4 Å². The zero-order valence-corrected chi connectivity index (χ0v) is 17.5. The number of ketones is 1. The van der Waals surface area contributed by atoms with Gasteiger partial charge in [0.2, 0.25) is 0 Å². The van der Waals surface area contributed by atoms with Gasteiger partial charge in [0, 0.05) is 30.4 Å². The van der Waals surface area contributed by atoms with Crippen LogP contribution in [0.5, 0.6) is 0 Å². The summed E-state index contributed by atoms with van der Waals surface area (Å²) in [5, 5.41) is 12.8. The van der Waals surface area contributed by atoms with E-state index < -0.39 is 9.84 Å². The minimum absolute atomic E-state index is 0.0270. The van der Waals surface area contributed by atoms with E-state index in [2.05, 4.69) is 16.3 Å². The first kappa shape index (κ1) is 20.9. The number of nitriles is 1. The summed E-state index contributed by atoms with van der Waals surface area (Å²) >= 11 is 0. The van der Waals surface area contributed by atoms with Crippen molar-refractivity contribution in [1.82, 2.24) is 0 Å². The number of carbonyl (C=O) groups is 1. The second-order valence-corrected chi connectivity index (χ2v) is 9.51. The Bertz CT molecular complexity index is 1030. The summed E-state index contributed by atoms with van der Waals surface area (Å²) in [6.07, 6.45) is 1.76. The molecule has 0 saturated carbocycles. The molecule has 1 heterocycles. The molecule has 0 atom stereocenters. The minimum Gasteiger partial charge on any atom is -0.381 e. The number of hydrogen-bond acceptors (Lipinski definition) is 6. The van der Waals surface area contributed by atoms with Crippen molar-refractivity contribution in [1.29, 1.82) is 5.26 Å². The molecule has 0 radical (unpaired) electrons. The molecule has 7 heteroatoms. The summed E-state index contributed by atoms with van der Waals surface area (Å²) < 4.78 is 23.9.